The minimum atomic E-state index is -0.492. The first-order valence-corrected chi connectivity index (χ1v) is 9.58. The summed E-state index contributed by atoms with van der Waals surface area (Å²) in [5, 5.41) is 13.7. The van der Waals surface area contributed by atoms with Crippen molar-refractivity contribution >= 4 is 17.3 Å². The van der Waals surface area contributed by atoms with E-state index in [4.69, 9.17) is 4.74 Å². The van der Waals surface area contributed by atoms with E-state index in [9.17, 15) is 14.9 Å². The van der Waals surface area contributed by atoms with Gasteiger partial charge >= 0.3 is 0 Å². The number of nitro benzene ring substituents is 1. The van der Waals surface area contributed by atoms with Gasteiger partial charge in [-0.25, -0.2) is 0 Å². The molecule has 0 saturated carbocycles. The van der Waals surface area contributed by atoms with E-state index in [1.807, 2.05) is 12.1 Å². The predicted octanol–water partition coefficient (Wildman–Crippen LogP) is 2.67. The molecule has 154 valence electrons. The summed E-state index contributed by atoms with van der Waals surface area (Å²) in [6.45, 7) is 6.30. The number of carbonyl (C=O) groups is 1. The number of ether oxygens (including phenoxy) is 1. The van der Waals surface area contributed by atoms with E-state index in [-0.39, 0.29) is 23.8 Å². The molecule has 0 atom stereocenters. The Bertz CT molecular complexity index is 879. The van der Waals surface area contributed by atoms with E-state index >= 15 is 0 Å². The summed E-state index contributed by atoms with van der Waals surface area (Å²) in [4.78, 5) is 27.3. The Hall–Kier alpha value is -2.97. The highest BCUT2D eigenvalue weighted by Crippen LogP contribution is 2.24. The molecule has 0 bridgehead atoms. The quantitative estimate of drug-likeness (QED) is 0.570. The summed E-state index contributed by atoms with van der Waals surface area (Å²) in [6.07, 6.45) is 0. The topological polar surface area (TPSA) is 88.0 Å². The first kappa shape index (κ1) is 20.8. The van der Waals surface area contributed by atoms with Crippen LogP contribution in [0.3, 0.4) is 0 Å². The molecule has 1 fully saturated rings. The Labute approximate surface area is 170 Å². The molecular formula is C21H26N4O4. The van der Waals surface area contributed by atoms with Crippen LogP contribution in [-0.2, 0) is 11.3 Å². The van der Waals surface area contributed by atoms with Gasteiger partial charge in [-0.1, -0.05) is 29.8 Å². The molecule has 1 N–H and O–H groups in total. The van der Waals surface area contributed by atoms with Crippen LogP contribution in [0.15, 0.2) is 42.5 Å². The summed E-state index contributed by atoms with van der Waals surface area (Å²) in [7, 11) is 1.68. The fourth-order valence-corrected chi connectivity index (χ4v) is 3.51. The molecule has 3 rings (SSSR count). The van der Waals surface area contributed by atoms with Crippen molar-refractivity contribution < 1.29 is 14.5 Å². The lowest BCUT2D eigenvalue weighted by atomic mass is 10.1. The van der Waals surface area contributed by atoms with Crippen molar-refractivity contribution in [1.82, 2.24) is 9.80 Å². The molecule has 0 aromatic heterocycles. The molecule has 0 spiro atoms. The number of amides is 1. The number of nitro groups is 1. The summed E-state index contributed by atoms with van der Waals surface area (Å²) < 4.78 is 5.46. The molecule has 0 aliphatic carbocycles. The molecule has 0 radical (unpaired) electrons. The number of anilines is 1. The van der Waals surface area contributed by atoms with Crippen molar-refractivity contribution in [2.45, 2.75) is 13.5 Å². The number of hydrogen-bond donors (Lipinski definition) is 1. The number of carbonyl (C=O) groups excluding carboxylic acids is 1. The summed E-state index contributed by atoms with van der Waals surface area (Å²) in [6, 6.07) is 12.4. The lowest BCUT2D eigenvalue weighted by Crippen LogP contribution is -2.48. The van der Waals surface area contributed by atoms with Gasteiger partial charge in [0.1, 0.15) is 11.4 Å². The molecule has 2 aromatic carbocycles. The van der Waals surface area contributed by atoms with Crippen LogP contribution in [0.4, 0.5) is 11.4 Å². The minimum Gasteiger partial charge on any atom is -0.496 e. The number of nitrogens with zero attached hydrogens (tertiary/aromatic N) is 3. The first-order chi connectivity index (χ1) is 14.0. The van der Waals surface area contributed by atoms with Crippen LogP contribution in [0.5, 0.6) is 5.75 Å². The smallest absolute Gasteiger partial charge is 0.292 e. The maximum Gasteiger partial charge on any atom is 0.292 e. The van der Waals surface area contributed by atoms with E-state index in [2.05, 4.69) is 28.1 Å². The number of benzene rings is 2. The van der Waals surface area contributed by atoms with E-state index in [0.29, 0.717) is 0 Å². The Morgan fingerprint density at radius 1 is 1.14 bits per heavy atom. The summed E-state index contributed by atoms with van der Waals surface area (Å²) >= 11 is 0. The number of methoxy groups -OCH3 is 1. The van der Waals surface area contributed by atoms with Gasteiger partial charge in [-0.15, -0.1) is 0 Å². The van der Waals surface area contributed by atoms with Gasteiger partial charge in [0, 0.05) is 44.4 Å². The van der Waals surface area contributed by atoms with E-state index in [0.717, 1.165) is 44.0 Å². The van der Waals surface area contributed by atoms with Gasteiger partial charge in [-0.05, 0) is 19.1 Å². The molecule has 0 unspecified atom stereocenters. The third-order valence-corrected chi connectivity index (χ3v) is 5.04. The van der Waals surface area contributed by atoms with Crippen LogP contribution in [0, 0.1) is 17.0 Å². The number of aryl methyl sites for hydroxylation is 1. The second-order valence-electron chi connectivity index (χ2n) is 7.19. The molecule has 1 heterocycles. The summed E-state index contributed by atoms with van der Waals surface area (Å²) in [5.74, 6) is 0.648. The highest BCUT2D eigenvalue weighted by molar-refractivity contribution is 5.94. The van der Waals surface area contributed by atoms with Crippen molar-refractivity contribution in [2.75, 3.05) is 45.2 Å². The van der Waals surface area contributed by atoms with Crippen molar-refractivity contribution in [1.29, 1.82) is 0 Å². The fourth-order valence-electron chi connectivity index (χ4n) is 3.51. The Balaban J connectivity index is 1.51. The third kappa shape index (κ3) is 5.52. The molecule has 1 saturated heterocycles. The van der Waals surface area contributed by atoms with Gasteiger partial charge in [0.05, 0.1) is 18.6 Å². The average Bonchev–Trinajstić information content (AvgIpc) is 2.70. The van der Waals surface area contributed by atoms with Gasteiger partial charge in [-0.3, -0.25) is 24.7 Å². The van der Waals surface area contributed by atoms with Crippen LogP contribution in [0.25, 0.3) is 0 Å². The molecule has 8 nitrogen and oxygen atoms in total. The number of piperazine rings is 1. The van der Waals surface area contributed by atoms with Gasteiger partial charge in [-0.2, -0.15) is 0 Å². The average molecular weight is 398 g/mol. The maximum atomic E-state index is 12.3. The van der Waals surface area contributed by atoms with Crippen molar-refractivity contribution in [3.05, 3.63) is 63.7 Å². The number of para-hydroxylation sites is 2. The standard InChI is InChI=1S/C21H26N4O4/c1-16-7-8-20(29-2)17(13-16)14-23-9-11-24(12-10-23)15-21(26)22-18-5-3-4-6-19(18)25(27)28/h3-8,13H,9-12,14-15H2,1-2H3,(H,22,26). The molecule has 2 aromatic rings. The van der Waals surface area contributed by atoms with Crippen LogP contribution in [-0.4, -0.2) is 60.5 Å². The molecular weight excluding hydrogens is 372 g/mol. The van der Waals surface area contributed by atoms with Gasteiger partial charge < -0.3 is 10.1 Å². The zero-order valence-electron chi connectivity index (χ0n) is 16.8. The van der Waals surface area contributed by atoms with Crippen LogP contribution >= 0.6 is 0 Å². The molecule has 29 heavy (non-hydrogen) atoms. The zero-order valence-corrected chi connectivity index (χ0v) is 16.8. The number of hydrogen-bond acceptors (Lipinski definition) is 6. The van der Waals surface area contributed by atoms with Gasteiger partial charge in [0.2, 0.25) is 5.91 Å². The second-order valence-corrected chi connectivity index (χ2v) is 7.19. The monoisotopic (exact) mass is 398 g/mol. The zero-order chi connectivity index (χ0) is 20.8. The summed E-state index contributed by atoms with van der Waals surface area (Å²) in [5.41, 5.74) is 2.49. The lowest BCUT2D eigenvalue weighted by molar-refractivity contribution is -0.383. The van der Waals surface area contributed by atoms with Crippen LogP contribution < -0.4 is 10.1 Å². The largest absolute Gasteiger partial charge is 0.496 e. The van der Waals surface area contributed by atoms with Crippen molar-refractivity contribution in [3.8, 4) is 5.75 Å². The van der Waals surface area contributed by atoms with E-state index < -0.39 is 4.92 Å². The van der Waals surface area contributed by atoms with Gasteiger partial charge in [0.25, 0.3) is 5.69 Å². The van der Waals surface area contributed by atoms with Crippen LogP contribution in [0.1, 0.15) is 11.1 Å². The molecule has 8 heteroatoms. The molecule has 1 amide bonds. The van der Waals surface area contributed by atoms with Gasteiger partial charge in [0.15, 0.2) is 0 Å². The highest BCUT2D eigenvalue weighted by atomic mass is 16.6. The Kier molecular flexibility index (Phi) is 6.79. The Morgan fingerprint density at radius 2 is 1.83 bits per heavy atom. The number of nitrogens with one attached hydrogen (secondary N) is 1. The fraction of sp³-hybridized carbons (Fsp3) is 0.381. The van der Waals surface area contributed by atoms with Crippen molar-refractivity contribution in [2.24, 2.45) is 0 Å². The molecule has 1 aliphatic heterocycles. The SMILES string of the molecule is COc1ccc(C)cc1CN1CCN(CC(=O)Nc2ccccc2[N+](=O)[O-])CC1. The third-order valence-electron chi connectivity index (χ3n) is 5.04. The predicted molar refractivity (Wildman–Crippen MR) is 111 cm³/mol. The number of rotatable bonds is 7. The second kappa shape index (κ2) is 9.49. The Morgan fingerprint density at radius 3 is 2.52 bits per heavy atom. The van der Waals surface area contributed by atoms with E-state index in [1.54, 1.807) is 25.3 Å². The normalized spacial score (nSPS) is 15.1. The van der Waals surface area contributed by atoms with Crippen LogP contribution in [0.2, 0.25) is 0 Å². The molecule has 1 aliphatic rings. The lowest BCUT2D eigenvalue weighted by Gasteiger charge is -2.34. The first-order valence-electron chi connectivity index (χ1n) is 9.58. The minimum absolute atomic E-state index is 0.0993. The maximum absolute atomic E-state index is 12.3. The van der Waals surface area contributed by atoms with Crippen molar-refractivity contribution in [3.63, 3.8) is 0 Å². The van der Waals surface area contributed by atoms with E-state index in [1.165, 1.54) is 11.6 Å². The highest BCUT2D eigenvalue weighted by Gasteiger charge is 2.21.